The van der Waals surface area contributed by atoms with Gasteiger partial charge in [-0.25, -0.2) is 4.98 Å². The van der Waals surface area contributed by atoms with Crippen molar-refractivity contribution in [1.29, 1.82) is 5.26 Å². The van der Waals surface area contributed by atoms with E-state index in [0.29, 0.717) is 11.6 Å². The highest BCUT2D eigenvalue weighted by atomic mass is 15.1. The van der Waals surface area contributed by atoms with Crippen molar-refractivity contribution in [2.24, 2.45) is 0 Å². The Hall–Kier alpha value is -2.12. The van der Waals surface area contributed by atoms with Gasteiger partial charge < -0.3 is 9.88 Å². The first-order chi connectivity index (χ1) is 10.3. The van der Waals surface area contributed by atoms with Crippen LogP contribution in [0.3, 0.4) is 0 Å². The normalized spacial score (nSPS) is 14.1. The van der Waals surface area contributed by atoms with E-state index in [1.807, 2.05) is 22.9 Å². The molecular formula is C17H20N4. The maximum Gasteiger partial charge on any atom is 0.113 e. The zero-order chi connectivity index (χ0) is 14.7. The lowest BCUT2D eigenvalue weighted by Gasteiger charge is -2.11. The number of hydrogen-bond donors (Lipinski definition) is 1. The van der Waals surface area contributed by atoms with Crippen molar-refractivity contribution in [2.45, 2.75) is 45.2 Å². The fourth-order valence-electron chi connectivity index (χ4n) is 2.50. The molecule has 1 aromatic heterocycles. The average Bonchev–Trinajstić information content (AvgIpc) is 3.23. The van der Waals surface area contributed by atoms with Gasteiger partial charge in [0.25, 0.3) is 0 Å². The molecule has 0 radical (unpaired) electrons. The second-order valence-electron chi connectivity index (χ2n) is 5.58. The van der Waals surface area contributed by atoms with Gasteiger partial charge in [0.2, 0.25) is 0 Å². The molecule has 108 valence electrons. The topological polar surface area (TPSA) is 53.6 Å². The first-order valence-electron chi connectivity index (χ1n) is 7.61. The van der Waals surface area contributed by atoms with Crippen LogP contribution >= 0.6 is 0 Å². The molecule has 1 fully saturated rings. The summed E-state index contributed by atoms with van der Waals surface area (Å²) in [5.41, 5.74) is 2.80. The Balaban J connectivity index is 1.87. The van der Waals surface area contributed by atoms with Gasteiger partial charge in [0.1, 0.15) is 11.9 Å². The van der Waals surface area contributed by atoms with E-state index in [2.05, 4.69) is 29.4 Å². The number of nitriles is 1. The summed E-state index contributed by atoms with van der Waals surface area (Å²) in [6, 6.07) is 9.12. The van der Waals surface area contributed by atoms with E-state index in [1.165, 1.54) is 18.4 Å². The number of hydrogen-bond acceptors (Lipinski definition) is 3. The van der Waals surface area contributed by atoms with Crippen LogP contribution in [0.4, 0.5) is 0 Å². The molecule has 0 unspecified atom stereocenters. The lowest BCUT2D eigenvalue weighted by molar-refractivity contribution is 0.687. The fraction of sp³-hybridized carbons (Fsp3) is 0.412. The van der Waals surface area contributed by atoms with Gasteiger partial charge in [0.15, 0.2) is 0 Å². The highest BCUT2D eigenvalue weighted by Gasteiger charge is 2.20. The van der Waals surface area contributed by atoms with E-state index in [0.717, 1.165) is 30.9 Å². The molecule has 1 aliphatic rings. The van der Waals surface area contributed by atoms with Crippen molar-refractivity contribution in [3.8, 4) is 11.8 Å². The predicted octanol–water partition coefficient (Wildman–Crippen LogP) is 2.95. The van der Waals surface area contributed by atoms with E-state index >= 15 is 0 Å². The second kappa shape index (κ2) is 6.11. The van der Waals surface area contributed by atoms with Crippen molar-refractivity contribution < 1.29 is 0 Å². The average molecular weight is 280 g/mol. The van der Waals surface area contributed by atoms with Gasteiger partial charge in [0.05, 0.1) is 11.3 Å². The van der Waals surface area contributed by atoms with Gasteiger partial charge in [-0.15, -0.1) is 0 Å². The first-order valence-corrected chi connectivity index (χ1v) is 7.61. The van der Waals surface area contributed by atoms with Crippen molar-refractivity contribution in [3.05, 3.63) is 47.5 Å². The number of benzene rings is 1. The number of aryl methyl sites for hydroxylation is 1. The molecule has 0 amide bonds. The summed E-state index contributed by atoms with van der Waals surface area (Å²) in [5, 5.41) is 12.9. The molecule has 4 heteroatoms. The Bertz CT molecular complexity index is 662. The van der Waals surface area contributed by atoms with Crippen LogP contribution in [0.2, 0.25) is 0 Å². The Labute approximate surface area is 125 Å². The summed E-state index contributed by atoms with van der Waals surface area (Å²) < 4.78 is 2.03. The quantitative estimate of drug-likeness (QED) is 0.885. The van der Waals surface area contributed by atoms with E-state index in [9.17, 15) is 5.26 Å². The monoisotopic (exact) mass is 280 g/mol. The number of aromatic nitrogens is 2. The minimum absolute atomic E-state index is 0.681. The number of nitrogens with one attached hydrogen (secondary N) is 1. The van der Waals surface area contributed by atoms with Crippen LogP contribution in [0.25, 0.3) is 5.69 Å². The molecule has 1 aromatic carbocycles. The summed E-state index contributed by atoms with van der Waals surface area (Å²) in [4.78, 5) is 4.39. The van der Waals surface area contributed by atoms with E-state index in [-0.39, 0.29) is 0 Å². The van der Waals surface area contributed by atoms with Gasteiger partial charge in [-0.3, -0.25) is 0 Å². The zero-order valence-corrected chi connectivity index (χ0v) is 12.3. The number of nitrogens with zero attached hydrogens (tertiary/aromatic N) is 3. The highest BCUT2D eigenvalue weighted by Crippen LogP contribution is 2.21. The van der Waals surface area contributed by atoms with Gasteiger partial charge in [-0.05, 0) is 37.0 Å². The minimum Gasteiger partial charge on any atom is -0.310 e. The summed E-state index contributed by atoms with van der Waals surface area (Å²) in [5.74, 6) is 1.01. The Kier molecular flexibility index (Phi) is 4.03. The van der Waals surface area contributed by atoms with Crippen molar-refractivity contribution in [2.75, 3.05) is 0 Å². The second-order valence-corrected chi connectivity index (χ2v) is 5.58. The molecule has 1 aliphatic carbocycles. The SMILES string of the molecule is CCCc1nccn1-c1ccc(CNC2CC2)cc1C#N. The highest BCUT2D eigenvalue weighted by molar-refractivity contribution is 5.51. The van der Waals surface area contributed by atoms with Crippen LogP contribution < -0.4 is 5.32 Å². The Morgan fingerprint density at radius 3 is 3.00 bits per heavy atom. The predicted molar refractivity (Wildman–Crippen MR) is 82.1 cm³/mol. The summed E-state index contributed by atoms with van der Waals surface area (Å²) in [6.07, 6.45) is 8.25. The van der Waals surface area contributed by atoms with Crippen LogP contribution in [0.5, 0.6) is 0 Å². The summed E-state index contributed by atoms with van der Waals surface area (Å²) >= 11 is 0. The van der Waals surface area contributed by atoms with Gasteiger partial charge in [-0.1, -0.05) is 13.0 Å². The van der Waals surface area contributed by atoms with E-state index < -0.39 is 0 Å². The fourth-order valence-corrected chi connectivity index (χ4v) is 2.50. The lowest BCUT2D eigenvalue weighted by Crippen LogP contribution is -2.15. The van der Waals surface area contributed by atoms with Crippen LogP contribution in [-0.2, 0) is 13.0 Å². The molecule has 1 N–H and O–H groups in total. The molecule has 1 saturated carbocycles. The van der Waals surface area contributed by atoms with Crippen LogP contribution in [-0.4, -0.2) is 15.6 Å². The molecule has 0 saturated heterocycles. The lowest BCUT2D eigenvalue weighted by atomic mass is 10.1. The third-order valence-corrected chi connectivity index (χ3v) is 3.80. The zero-order valence-electron chi connectivity index (χ0n) is 12.3. The summed E-state index contributed by atoms with van der Waals surface area (Å²) in [6.45, 7) is 2.97. The van der Waals surface area contributed by atoms with E-state index in [4.69, 9.17) is 0 Å². The van der Waals surface area contributed by atoms with Crippen LogP contribution in [0.15, 0.2) is 30.6 Å². The first kappa shape index (κ1) is 13.8. The molecule has 0 aliphatic heterocycles. The van der Waals surface area contributed by atoms with Crippen molar-refractivity contribution >= 4 is 0 Å². The van der Waals surface area contributed by atoms with Gasteiger partial charge >= 0.3 is 0 Å². The van der Waals surface area contributed by atoms with Crippen LogP contribution in [0.1, 0.15) is 43.1 Å². The Morgan fingerprint density at radius 2 is 2.29 bits per heavy atom. The molecule has 4 nitrogen and oxygen atoms in total. The van der Waals surface area contributed by atoms with Crippen LogP contribution in [0, 0.1) is 11.3 Å². The van der Waals surface area contributed by atoms with Gasteiger partial charge in [-0.2, -0.15) is 5.26 Å². The molecule has 0 atom stereocenters. The molecular weight excluding hydrogens is 260 g/mol. The maximum absolute atomic E-state index is 9.45. The third-order valence-electron chi connectivity index (χ3n) is 3.80. The standard InChI is InChI=1S/C17H20N4/c1-2-3-17-19-8-9-21(17)16-7-4-13(10-14(16)11-18)12-20-15-5-6-15/h4,7-10,15,20H,2-3,5-6,12H2,1H3. The molecule has 0 spiro atoms. The van der Waals surface area contributed by atoms with Crippen molar-refractivity contribution in [1.82, 2.24) is 14.9 Å². The molecule has 0 bridgehead atoms. The summed E-state index contributed by atoms with van der Waals surface area (Å²) in [7, 11) is 0. The Morgan fingerprint density at radius 1 is 1.43 bits per heavy atom. The molecule has 3 rings (SSSR count). The molecule has 2 aromatic rings. The van der Waals surface area contributed by atoms with Gasteiger partial charge in [0, 0.05) is 31.4 Å². The van der Waals surface area contributed by atoms with Crippen molar-refractivity contribution in [3.63, 3.8) is 0 Å². The van der Waals surface area contributed by atoms with E-state index in [1.54, 1.807) is 6.20 Å². The third kappa shape index (κ3) is 3.14. The smallest absolute Gasteiger partial charge is 0.113 e. The maximum atomic E-state index is 9.45. The number of imidazole rings is 1. The largest absolute Gasteiger partial charge is 0.310 e. The molecule has 1 heterocycles. The number of rotatable bonds is 6. The minimum atomic E-state index is 0.681. The molecule has 21 heavy (non-hydrogen) atoms.